The molecule has 1 aromatic rings. The summed E-state index contributed by atoms with van der Waals surface area (Å²) in [5.41, 5.74) is 0.705. The number of amides is 2. The average molecular weight is 302 g/mol. The fourth-order valence-corrected chi connectivity index (χ4v) is 2.78. The third-order valence-electron chi connectivity index (χ3n) is 4.03. The van der Waals surface area contributed by atoms with Crippen LogP contribution in [0.25, 0.3) is 0 Å². The normalized spacial score (nSPS) is 18.9. The Hall–Kier alpha value is -1.84. The highest BCUT2D eigenvalue weighted by molar-refractivity contribution is 5.83. The monoisotopic (exact) mass is 302 g/mol. The van der Waals surface area contributed by atoms with E-state index in [9.17, 15) is 9.59 Å². The van der Waals surface area contributed by atoms with E-state index < -0.39 is 0 Å². The van der Waals surface area contributed by atoms with E-state index in [0.717, 1.165) is 24.9 Å². The molecule has 0 bridgehead atoms. The molecule has 0 spiro atoms. The molecule has 1 aliphatic heterocycles. The number of rotatable bonds is 3. The van der Waals surface area contributed by atoms with Gasteiger partial charge < -0.3 is 10.2 Å². The molecule has 1 saturated heterocycles. The number of hydrogen-bond acceptors (Lipinski definition) is 2. The van der Waals surface area contributed by atoms with E-state index in [-0.39, 0.29) is 23.1 Å². The Morgan fingerprint density at radius 3 is 2.55 bits per heavy atom. The minimum Gasteiger partial charge on any atom is -0.352 e. The summed E-state index contributed by atoms with van der Waals surface area (Å²) in [5, 5.41) is 2.99. The molecule has 1 atom stereocenters. The topological polar surface area (TPSA) is 49.4 Å². The minimum atomic E-state index is -0.387. The van der Waals surface area contributed by atoms with Crippen molar-refractivity contribution in [3.8, 4) is 0 Å². The number of carbonyl (C=O) groups excluding carboxylic acids is 2. The first-order valence-corrected chi connectivity index (χ1v) is 7.99. The van der Waals surface area contributed by atoms with Gasteiger partial charge in [-0.15, -0.1) is 0 Å². The maximum atomic E-state index is 12.4. The van der Waals surface area contributed by atoms with Gasteiger partial charge in [-0.25, -0.2) is 0 Å². The van der Waals surface area contributed by atoms with Gasteiger partial charge in [-0.1, -0.05) is 51.1 Å². The molecule has 1 N–H and O–H groups in total. The van der Waals surface area contributed by atoms with Gasteiger partial charge in [-0.05, 0) is 18.4 Å². The third kappa shape index (κ3) is 4.33. The average Bonchev–Trinajstić information content (AvgIpc) is 2.52. The van der Waals surface area contributed by atoms with Crippen LogP contribution in [0.15, 0.2) is 30.3 Å². The summed E-state index contributed by atoms with van der Waals surface area (Å²) >= 11 is 0. The van der Waals surface area contributed by atoms with Gasteiger partial charge in [0.2, 0.25) is 11.8 Å². The summed E-state index contributed by atoms with van der Waals surface area (Å²) < 4.78 is 0. The molecule has 2 amide bonds. The molecular formula is C18H26N2O2. The highest BCUT2D eigenvalue weighted by Crippen LogP contribution is 2.23. The predicted octanol–water partition coefficient (Wildman–Crippen LogP) is 2.59. The first-order valence-electron chi connectivity index (χ1n) is 7.99. The Labute approximate surface area is 132 Å². The van der Waals surface area contributed by atoms with Gasteiger partial charge in [-0.3, -0.25) is 9.59 Å². The van der Waals surface area contributed by atoms with E-state index in [1.54, 1.807) is 0 Å². The molecule has 120 valence electrons. The van der Waals surface area contributed by atoms with Crippen molar-refractivity contribution in [2.75, 3.05) is 13.1 Å². The number of nitrogens with one attached hydrogen (secondary N) is 1. The molecule has 0 saturated carbocycles. The number of piperidine rings is 1. The van der Waals surface area contributed by atoms with Crippen molar-refractivity contribution < 1.29 is 9.59 Å². The SMILES string of the molecule is CC(C)(C)C(=O)N1CCC[C@@H](C(=O)NCc2ccccc2)C1. The highest BCUT2D eigenvalue weighted by atomic mass is 16.2. The minimum absolute atomic E-state index is 0.0512. The molecule has 1 fully saturated rings. The zero-order valence-electron chi connectivity index (χ0n) is 13.8. The van der Waals surface area contributed by atoms with Crippen LogP contribution in [0.2, 0.25) is 0 Å². The number of benzene rings is 1. The van der Waals surface area contributed by atoms with Crippen molar-refractivity contribution in [2.24, 2.45) is 11.3 Å². The van der Waals surface area contributed by atoms with Crippen molar-refractivity contribution >= 4 is 11.8 Å². The second-order valence-electron chi connectivity index (χ2n) is 7.04. The van der Waals surface area contributed by atoms with Crippen molar-refractivity contribution in [1.82, 2.24) is 10.2 Å². The zero-order valence-corrected chi connectivity index (χ0v) is 13.8. The smallest absolute Gasteiger partial charge is 0.227 e. The molecule has 1 aliphatic rings. The first kappa shape index (κ1) is 16.5. The van der Waals surface area contributed by atoms with Gasteiger partial charge in [-0.2, -0.15) is 0 Å². The van der Waals surface area contributed by atoms with Crippen LogP contribution >= 0.6 is 0 Å². The molecule has 0 aromatic heterocycles. The summed E-state index contributed by atoms with van der Waals surface area (Å²) in [6.07, 6.45) is 1.75. The molecule has 1 aromatic carbocycles. The Morgan fingerprint density at radius 1 is 1.23 bits per heavy atom. The van der Waals surface area contributed by atoms with Crippen LogP contribution in [0.5, 0.6) is 0 Å². The first-order chi connectivity index (χ1) is 10.4. The van der Waals surface area contributed by atoms with Gasteiger partial charge in [0.1, 0.15) is 0 Å². The van der Waals surface area contributed by atoms with Gasteiger partial charge in [0.25, 0.3) is 0 Å². The third-order valence-corrected chi connectivity index (χ3v) is 4.03. The van der Waals surface area contributed by atoms with Gasteiger partial charge in [0, 0.05) is 25.0 Å². The molecular weight excluding hydrogens is 276 g/mol. The number of nitrogens with zero attached hydrogens (tertiary/aromatic N) is 1. The summed E-state index contributed by atoms with van der Waals surface area (Å²) in [4.78, 5) is 26.5. The quantitative estimate of drug-likeness (QED) is 0.933. The van der Waals surface area contributed by atoms with Crippen molar-refractivity contribution in [3.63, 3.8) is 0 Å². The van der Waals surface area contributed by atoms with Crippen molar-refractivity contribution in [3.05, 3.63) is 35.9 Å². The van der Waals surface area contributed by atoms with Crippen molar-refractivity contribution in [2.45, 2.75) is 40.2 Å². The predicted molar refractivity (Wildman–Crippen MR) is 87.0 cm³/mol. The van der Waals surface area contributed by atoms with Crippen LogP contribution in [-0.2, 0) is 16.1 Å². The Bertz CT molecular complexity index is 520. The van der Waals surface area contributed by atoms with E-state index in [4.69, 9.17) is 0 Å². The van der Waals surface area contributed by atoms with E-state index >= 15 is 0 Å². The number of likely N-dealkylation sites (tertiary alicyclic amines) is 1. The fraction of sp³-hybridized carbons (Fsp3) is 0.556. The summed E-state index contributed by atoms with van der Waals surface area (Å²) in [7, 11) is 0. The Balaban J connectivity index is 1.89. The van der Waals surface area contributed by atoms with E-state index in [1.807, 2.05) is 56.0 Å². The molecule has 0 aliphatic carbocycles. The molecule has 2 rings (SSSR count). The molecule has 0 unspecified atom stereocenters. The zero-order chi connectivity index (χ0) is 16.2. The fourth-order valence-electron chi connectivity index (χ4n) is 2.78. The molecule has 22 heavy (non-hydrogen) atoms. The lowest BCUT2D eigenvalue weighted by Gasteiger charge is -2.35. The summed E-state index contributed by atoms with van der Waals surface area (Å²) in [5.74, 6) is 0.0899. The summed E-state index contributed by atoms with van der Waals surface area (Å²) in [6.45, 7) is 7.62. The second kappa shape index (κ2) is 6.95. The van der Waals surface area contributed by atoms with Crippen LogP contribution < -0.4 is 5.32 Å². The lowest BCUT2D eigenvalue weighted by Crippen LogP contribution is -2.48. The standard InChI is InChI=1S/C18H26N2O2/c1-18(2,3)17(22)20-11-7-10-15(13-20)16(21)19-12-14-8-5-4-6-9-14/h4-6,8-9,15H,7,10-13H2,1-3H3,(H,19,21)/t15-/m1/s1. The van der Waals surface area contributed by atoms with Gasteiger partial charge >= 0.3 is 0 Å². The van der Waals surface area contributed by atoms with Crippen LogP contribution in [0.4, 0.5) is 0 Å². The van der Waals surface area contributed by atoms with E-state index in [1.165, 1.54) is 0 Å². The van der Waals surface area contributed by atoms with Crippen LogP contribution in [0.1, 0.15) is 39.2 Å². The summed E-state index contributed by atoms with van der Waals surface area (Å²) in [6, 6.07) is 9.88. The lowest BCUT2D eigenvalue weighted by molar-refractivity contribution is -0.142. The van der Waals surface area contributed by atoms with Gasteiger partial charge in [0.05, 0.1) is 5.92 Å². The van der Waals surface area contributed by atoms with Crippen LogP contribution in [-0.4, -0.2) is 29.8 Å². The molecule has 1 heterocycles. The van der Waals surface area contributed by atoms with Crippen molar-refractivity contribution in [1.29, 1.82) is 0 Å². The van der Waals surface area contributed by atoms with Crippen LogP contribution in [0, 0.1) is 11.3 Å². The Morgan fingerprint density at radius 2 is 1.91 bits per heavy atom. The molecule has 4 nitrogen and oxygen atoms in total. The van der Waals surface area contributed by atoms with Crippen LogP contribution in [0.3, 0.4) is 0 Å². The second-order valence-corrected chi connectivity index (χ2v) is 7.04. The van der Waals surface area contributed by atoms with E-state index in [0.29, 0.717) is 13.1 Å². The highest BCUT2D eigenvalue weighted by Gasteiger charge is 2.33. The molecule has 4 heteroatoms. The molecule has 0 radical (unpaired) electrons. The number of hydrogen-bond donors (Lipinski definition) is 1. The van der Waals surface area contributed by atoms with Gasteiger partial charge in [0.15, 0.2) is 0 Å². The largest absolute Gasteiger partial charge is 0.352 e. The Kier molecular flexibility index (Phi) is 5.22. The van der Waals surface area contributed by atoms with E-state index in [2.05, 4.69) is 5.32 Å². The maximum absolute atomic E-state index is 12.4. The maximum Gasteiger partial charge on any atom is 0.227 e. The lowest BCUT2D eigenvalue weighted by atomic mass is 9.91. The number of carbonyl (C=O) groups is 2.